The van der Waals surface area contributed by atoms with E-state index in [-0.39, 0.29) is 0 Å². The van der Waals surface area contributed by atoms with Crippen LogP contribution in [0.4, 0.5) is 0 Å². The minimum Gasteiger partial charge on any atom is -0.495 e. The Labute approximate surface area is 93.2 Å². The molecule has 0 aliphatic carbocycles. The van der Waals surface area contributed by atoms with Crippen molar-refractivity contribution in [2.75, 3.05) is 20.2 Å². The van der Waals surface area contributed by atoms with Crippen LogP contribution in [0.3, 0.4) is 0 Å². The van der Waals surface area contributed by atoms with E-state index in [0.29, 0.717) is 21.7 Å². The molecule has 0 unspecified atom stereocenters. The summed E-state index contributed by atoms with van der Waals surface area (Å²) in [5.41, 5.74) is 1.11. The first kappa shape index (κ1) is 10.1. The van der Waals surface area contributed by atoms with Gasteiger partial charge >= 0.3 is 0 Å². The molecule has 4 heteroatoms. The van der Waals surface area contributed by atoms with Crippen molar-refractivity contribution in [1.29, 1.82) is 0 Å². The first-order valence-corrected chi connectivity index (χ1v) is 5.22. The molecule has 0 saturated carbocycles. The maximum Gasteiger partial charge on any atom is 0.138 e. The summed E-state index contributed by atoms with van der Waals surface area (Å²) in [7, 11) is 1.59. The van der Waals surface area contributed by atoms with Gasteiger partial charge < -0.3 is 10.1 Å². The van der Waals surface area contributed by atoms with Crippen LogP contribution in [0.5, 0.6) is 5.75 Å². The van der Waals surface area contributed by atoms with Gasteiger partial charge in [0, 0.05) is 19.0 Å². The van der Waals surface area contributed by atoms with Gasteiger partial charge in [-0.3, -0.25) is 0 Å². The highest BCUT2D eigenvalue weighted by Gasteiger charge is 2.23. The molecule has 1 aliphatic rings. The number of rotatable bonds is 2. The van der Waals surface area contributed by atoms with Crippen molar-refractivity contribution in [3.8, 4) is 5.75 Å². The molecule has 0 radical (unpaired) electrons. The normalized spacial score (nSPS) is 16.5. The maximum absolute atomic E-state index is 6.14. The Morgan fingerprint density at radius 3 is 2.50 bits per heavy atom. The van der Waals surface area contributed by atoms with Crippen molar-refractivity contribution >= 4 is 23.2 Å². The summed E-state index contributed by atoms with van der Waals surface area (Å²) in [6, 6.07) is 3.85. The zero-order valence-corrected chi connectivity index (χ0v) is 9.32. The fraction of sp³-hybridized carbons (Fsp3) is 0.400. The molecule has 1 fully saturated rings. The predicted molar refractivity (Wildman–Crippen MR) is 58.6 cm³/mol. The molecular formula is C10H11Cl2NO. The Morgan fingerprint density at radius 1 is 1.29 bits per heavy atom. The van der Waals surface area contributed by atoms with Gasteiger partial charge in [-0.1, -0.05) is 29.3 Å². The number of ether oxygens (including phenoxy) is 1. The van der Waals surface area contributed by atoms with E-state index >= 15 is 0 Å². The maximum atomic E-state index is 6.14. The number of hydrogen-bond acceptors (Lipinski definition) is 2. The summed E-state index contributed by atoms with van der Waals surface area (Å²) in [5.74, 6) is 1.12. The molecule has 14 heavy (non-hydrogen) atoms. The molecule has 0 atom stereocenters. The fourth-order valence-corrected chi connectivity index (χ4v) is 2.09. The van der Waals surface area contributed by atoms with Crippen LogP contribution in [0.25, 0.3) is 0 Å². The van der Waals surface area contributed by atoms with E-state index in [0.717, 1.165) is 18.7 Å². The van der Waals surface area contributed by atoms with Gasteiger partial charge in [0.15, 0.2) is 0 Å². The van der Waals surface area contributed by atoms with E-state index in [1.807, 2.05) is 12.1 Å². The van der Waals surface area contributed by atoms with E-state index < -0.39 is 0 Å². The lowest BCUT2D eigenvalue weighted by Crippen LogP contribution is -2.40. The zero-order chi connectivity index (χ0) is 10.1. The van der Waals surface area contributed by atoms with Crippen LogP contribution in [0.2, 0.25) is 10.0 Å². The van der Waals surface area contributed by atoms with Crippen LogP contribution in [0, 0.1) is 0 Å². The third-order valence-electron chi connectivity index (χ3n) is 2.52. The van der Waals surface area contributed by atoms with Gasteiger partial charge in [0.25, 0.3) is 0 Å². The molecule has 1 aromatic carbocycles. The van der Waals surface area contributed by atoms with E-state index in [1.54, 1.807) is 7.11 Å². The van der Waals surface area contributed by atoms with Crippen molar-refractivity contribution in [2.45, 2.75) is 5.92 Å². The SMILES string of the molecule is COc1ccc(C2CNC2)c(Cl)c1Cl. The number of nitrogens with one attached hydrogen (secondary N) is 1. The van der Waals surface area contributed by atoms with Crippen LogP contribution in [0.15, 0.2) is 12.1 Å². The highest BCUT2D eigenvalue weighted by Crippen LogP contribution is 2.38. The Balaban J connectivity index is 2.38. The molecule has 2 nitrogen and oxygen atoms in total. The molecule has 1 aliphatic heterocycles. The third-order valence-corrected chi connectivity index (χ3v) is 3.40. The molecular weight excluding hydrogens is 221 g/mol. The van der Waals surface area contributed by atoms with Gasteiger partial charge in [-0.15, -0.1) is 0 Å². The number of halogens is 2. The standard InChI is InChI=1S/C10H11Cl2NO/c1-14-8-3-2-7(6-4-13-5-6)9(11)10(8)12/h2-3,6,13H,4-5H2,1H3. The summed E-state index contributed by atoms with van der Waals surface area (Å²) in [6.07, 6.45) is 0. The van der Waals surface area contributed by atoms with Gasteiger partial charge in [-0.2, -0.15) is 0 Å². The van der Waals surface area contributed by atoms with Crippen LogP contribution in [0.1, 0.15) is 11.5 Å². The summed E-state index contributed by atoms with van der Waals surface area (Å²) >= 11 is 12.2. The van der Waals surface area contributed by atoms with Gasteiger partial charge in [-0.25, -0.2) is 0 Å². The summed E-state index contributed by atoms with van der Waals surface area (Å²) < 4.78 is 5.08. The van der Waals surface area contributed by atoms with Crippen molar-refractivity contribution in [2.24, 2.45) is 0 Å². The molecule has 1 N–H and O–H groups in total. The quantitative estimate of drug-likeness (QED) is 0.846. The van der Waals surface area contributed by atoms with Gasteiger partial charge in [0.1, 0.15) is 10.8 Å². The van der Waals surface area contributed by atoms with Gasteiger partial charge in [0.05, 0.1) is 12.1 Å². The Morgan fingerprint density at radius 2 is 2.00 bits per heavy atom. The monoisotopic (exact) mass is 231 g/mol. The molecule has 76 valence electrons. The van der Waals surface area contributed by atoms with Crippen molar-refractivity contribution in [3.63, 3.8) is 0 Å². The third kappa shape index (κ3) is 1.58. The lowest BCUT2D eigenvalue weighted by Gasteiger charge is -2.28. The Hall–Kier alpha value is -0.440. The summed E-state index contributed by atoms with van der Waals surface area (Å²) in [4.78, 5) is 0. The molecule has 2 rings (SSSR count). The molecule has 0 amide bonds. The lowest BCUT2D eigenvalue weighted by atomic mass is 9.94. The van der Waals surface area contributed by atoms with Crippen LogP contribution in [-0.4, -0.2) is 20.2 Å². The van der Waals surface area contributed by atoms with Crippen LogP contribution in [-0.2, 0) is 0 Å². The first-order chi connectivity index (χ1) is 6.74. The average Bonchev–Trinajstić information content (AvgIpc) is 2.10. The molecule has 1 heterocycles. The topological polar surface area (TPSA) is 21.3 Å². The number of hydrogen-bond donors (Lipinski definition) is 1. The van der Waals surface area contributed by atoms with Crippen molar-refractivity contribution in [1.82, 2.24) is 5.32 Å². The van der Waals surface area contributed by atoms with E-state index in [1.165, 1.54) is 0 Å². The highest BCUT2D eigenvalue weighted by molar-refractivity contribution is 6.43. The first-order valence-electron chi connectivity index (χ1n) is 4.46. The zero-order valence-electron chi connectivity index (χ0n) is 7.81. The van der Waals surface area contributed by atoms with E-state index in [4.69, 9.17) is 27.9 Å². The van der Waals surface area contributed by atoms with Gasteiger partial charge in [0.2, 0.25) is 0 Å². The summed E-state index contributed by atoms with van der Waals surface area (Å²) in [5, 5.41) is 4.34. The van der Waals surface area contributed by atoms with Crippen LogP contribution < -0.4 is 10.1 Å². The van der Waals surface area contributed by atoms with E-state index in [2.05, 4.69) is 5.32 Å². The lowest BCUT2D eigenvalue weighted by molar-refractivity contribution is 0.413. The average molecular weight is 232 g/mol. The number of benzene rings is 1. The summed E-state index contributed by atoms with van der Waals surface area (Å²) in [6.45, 7) is 1.95. The Bertz CT molecular complexity index is 350. The molecule has 0 spiro atoms. The van der Waals surface area contributed by atoms with Crippen molar-refractivity contribution in [3.05, 3.63) is 27.7 Å². The predicted octanol–water partition coefficient (Wildman–Crippen LogP) is 2.69. The number of methoxy groups -OCH3 is 1. The fourth-order valence-electron chi connectivity index (χ4n) is 1.53. The minimum absolute atomic E-state index is 0.492. The smallest absolute Gasteiger partial charge is 0.138 e. The second kappa shape index (κ2) is 3.97. The molecule has 1 saturated heterocycles. The Kier molecular flexibility index (Phi) is 2.86. The molecule has 1 aromatic rings. The minimum atomic E-state index is 0.492. The largest absolute Gasteiger partial charge is 0.495 e. The molecule has 0 aromatic heterocycles. The van der Waals surface area contributed by atoms with Crippen molar-refractivity contribution < 1.29 is 4.74 Å². The highest BCUT2D eigenvalue weighted by atomic mass is 35.5. The van der Waals surface area contributed by atoms with Crippen LogP contribution >= 0.6 is 23.2 Å². The second-order valence-corrected chi connectivity index (χ2v) is 4.10. The molecule has 0 bridgehead atoms. The second-order valence-electron chi connectivity index (χ2n) is 3.34. The van der Waals surface area contributed by atoms with Gasteiger partial charge in [-0.05, 0) is 11.6 Å². The van der Waals surface area contributed by atoms with E-state index in [9.17, 15) is 0 Å².